The van der Waals surface area contributed by atoms with Crippen molar-refractivity contribution in [2.24, 2.45) is 0 Å². The van der Waals surface area contributed by atoms with Crippen LogP contribution in [0.15, 0.2) is 28.8 Å². The van der Waals surface area contributed by atoms with Crippen LogP contribution in [0.2, 0.25) is 5.02 Å². The summed E-state index contributed by atoms with van der Waals surface area (Å²) < 4.78 is 7.24. The lowest BCUT2D eigenvalue weighted by Crippen LogP contribution is -2.44. The van der Waals surface area contributed by atoms with Gasteiger partial charge in [-0.25, -0.2) is 9.67 Å². The Labute approximate surface area is 174 Å². The van der Waals surface area contributed by atoms with Crippen LogP contribution in [-0.4, -0.2) is 56.5 Å². The third-order valence-corrected chi connectivity index (χ3v) is 4.99. The van der Waals surface area contributed by atoms with Gasteiger partial charge in [-0.05, 0) is 25.6 Å². The van der Waals surface area contributed by atoms with E-state index >= 15 is 0 Å². The molecule has 0 amide bonds. The number of hydrogen-bond donors (Lipinski definition) is 1. The van der Waals surface area contributed by atoms with Crippen molar-refractivity contribution >= 4 is 24.0 Å². The van der Waals surface area contributed by atoms with E-state index in [1.165, 1.54) is 0 Å². The first-order valence-corrected chi connectivity index (χ1v) is 9.51. The zero-order valence-corrected chi connectivity index (χ0v) is 17.4. The van der Waals surface area contributed by atoms with Gasteiger partial charge in [-0.2, -0.15) is 4.98 Å². The average molecular weight is 424 g/mol. The second-order valence-electron chi connectivity index (χ2n) is 6.62. The molecular weight excluding hydrogens is 401 g/mol. The average Bonchev–Trinajstić information content (AvgIpc) is 3.30. The van der Waals surface area contributed by atoms with Gasteiger partial charge in [0, 0.05) is 26.1 Å². The number of nitrogens with zero attached hydrogens (tertiary/aromatic N) is 6. The molecule has 0 saturated carbocycles. The first-order chi connectivity index (χ1) is 13.2. The van der Waals surface area contributed by atoms with Crippen LogP contribution in [0.5, 0.6) is 0 Å². The highest BCUT2D eigenvalue weighted by atomic mass is 35.5. The van der Waals surface area contributed by atoms with Crippen LogP contribution >= 0.6 is 24.0 Å². The molecule has 1 fully saturated rings. The summed E-state index contributed by atoms with van der Waals surface area (Å²) in [6, 6.07) is 7.65. The number of piperazine rings is 1. The predicted molar refractivity (Wildman–Crippen MR) is 109 cm³/mol. The molecular formula is C18H23Cl2N7O. The number of nitrogens with one attached hydrogen (secondary N) is 1. The van der Waals surface area contributed by atoms with Gasteiger partial charge in [-0.15, -0.1) is 17.5 Å². The van der Waals surface area contributed by atoms with Crippen molar-refractivity contribution in [2.45, 2.75) is 25.8 Å². The quantitative estimate of drug-likeness (QED) is 0.674. The zero-order valence-electron chi connectivity index (χ0n) is 15.8. The van der Waals surface area contributed by atoms with Crippen LogP contribution in [-0.2, 0) is 6.42 Å². The van der Waals surface area contributed by atoms with Gasteiger partial charge < -0.3 is 9.84 Å². The molecule has 1 aromatic carbocycles. The van der Waals surface area contributed by atoms with Crippen molar-refractivity contribution in [3.05, 3.63) is 40.9 Å². The highest BCUT2D eigenvalue weighted by Gasteiger charge is 2.27. The molecule has 1 N–H and O–H groups in total. The summed E-state index contributed by atoms with van der Waals surface area (Å²) in [5, 5.41) is 12.7. The third-order valence-electron chi connectivity index (χ3n) is 4.67. The van der Waals surface area contributed by atoms with E-state index in [1.54, 1.807) is 4.68 Å². The zero-order chi connectivity index (χ0) is 18.8. The van der Waals surface area contributed by atoms with Crippen LogP contribution in [0.25, 0.3) is 17.4 Å². The minimum atomic E-state index is 0. The Bertz CT molecular complexity index is 926. The maximum atomic E-state index is 6.36. The number of benzene rings is 1. The van der Waals surface area contributed by atoms with Gasteiger partial charge in [0.15, 0.2) is 5.82 Å². The van der Waals surface area contributed by atoms with Crippen molar-refractivity contribution in [1.82, 2.24) is 35.1 Å². The van der Waals surface area contributed by atoms with E-state index < -0.39 is 0 Å². The summed E-state index contributed by atoms with van der Waals surface area (Å²) in [5.41, 5.74) is 0.789. The van der Waals surface area contributed by atoms with Gasteiger partial charge >= 0.3 is 0 Å². The Kier molecular flexibility index (Phi) is 6.66. The number of hydrogen-bond acceptors (Lipinski definition) is 7. The van der Waals surface area contributed by atoms with Crippen LogP contribution in [0.4, 0.5) is 0 Å². The third kappa shape index (κ3) is 4.05. The van der Waals surface area contributed by atoms with Gasteiger partial charge in [0.25, 0.3) is 5.89 Å². The largest absolute Gasteiger partial charge is 0.330 e. The molecule has 3 heterocycles. The van der Waals surface area contributed by atoms with Crippen molar-refractivity contribution in [3.8, 4) is 17.4 Å². The number of likely N-dealkylation sites (N-methyl/N-ethyl adjacent to an activating group) is 1. The maximum absolute atomic E-state index is 6.36. The van der Waals surface area contributed by atoms with E-state index in [2.05, 4.69) is 44.4 Å². The summed E-state index contributed by atoms with van der Waals surface area (Å²) >= 11 is 6.36. The molecule has 0 bridgehead atoms. The van der Waals surface area contributed by atoms with Crippen LogP contribution < -0.4 is 5.32 Å². The lowest BCUT2D eigenvalue weighted by atomic mass is 10.2. The monoisotopic (exact) mass is 423 g/mol. The summed E-state index contributed by atoms with van der Waals surface area (Å²) in [6.07, 6.45) is 1.71. The second kappa shape index (κ2) is 9.00. The summed E-state index contributed by atoms with van der Waals surface area (Å²) in [5.74, 6) is 2.21. The summed E-state index contributed by atoms with van der Waals surface area (Å²) in [7, 11) is 2.06. The Balaban J connectivity index is 0.00000225. The Morgan fingerprint density at radius 3 is 2.86 bits per heavy atom. The first kappa shape index (κ1) is 20.7. The van der Waals surface area contributed by atoms with E-state index in [0.717, 1.165) is 44.0 Å². The molecule has 0 aliphatic carbocycles. The predicted octanol–water partition coefficient (Wildman–Crippen LogP) is 2.92. The second-order valence-corrected chi connectivity index (χ2v) is 7.03. The van der Waals surface area contributed by atoms with Crippen LogP contribution in [0, 0.1) is 0 Å². The number of halogens is 2. The van der Waals surface area contributed by atoms with Gasteiger partial charge in [0.2, 0.25) is 5.82 Å². The van der Waals surface area contributed by atoms with E-state index in [0.29, 0.717) is 22.6 Å². The molecule has 3 aromatic rings. The molecule has 1 aliphatic rings. The topological polar surface area (TPSA) is 84.9 Å². The Hall–Kier alpha value is -2.00. The standard InChI is InChI=1S/C18H22ClN7O.ClH/c1-3-6-15-21-17(23-26(15)13-8-5-4-7-12(13)19)18-22-16(24-27-18)14-11-20-9-10-25(14)2;/h4-5,7-8,14,20H,3,6,9-11H2,1-2H3;1H. The fourth-order valence-corrected chi connectivity index (χ4v) is 3.41. The van der Waals surface area contributed by atoms with Crippen molar-refractivity contribution in [3.63, 3.8) is 0 Å². The molecule has 1 atom stereocenters. The highest BCUT2D eigenvalue weighted by molar-refractivity contribution is 6.32. The SMILES string of the molecule is CCCc1nc(-c2nc(C3CNCCN3C)no2)nn1-c1ccccc1Cl.Cl. The van der Waals surface area contributed by atoms with Crippen molar-refractivity contribution in [1.29, 1.82) is 0 Å². The van der Waals surface area contributed by atoms with Gasteiger partial charge in [-0.1, -0.05) is 35.8 Å². The fourth-order valence-electron chi connectivity index (χ4n) is 3.19. The molecule has 2 aromatic heterocycles. The molecule has 1 aliphatic heterocycles. The highest BCUT2D eigenvalue weighted by Crippen LogP contribution is 2.25. The summed E-state index contributed by atoms with van der Waals surface area (Å²) in [6.45, 7) is 4.79. The fraction of sp³-hybridized carbons (Fsp3) is 0.444. The van der Waals surface area contributed by atoms with Crippen LogP contribution in [0.1, 0.15) is 31.0 Å². The van der Waals surface area contributed by atoms with Crippen molar-refractivity contribution < 1.29 is 4.52 Å². The molecule has 1 unspecified atom stereocenters. The molecule has 150 valence electrons. The number of para-hydroxylation sites is 1. The molecule has 8 nitrogen and oxygen atoms in total. The van der Waals surface area contributed by atoms with E-state index in [-0.39, 0.29) is 18.4 Å². The van der Waals surface area contributed by atoms with E-state index in [9.17, 15) is 0 Å². The lowest BCUT2D eigenvalue weighted by Gasteiger charge is -2.30. The Morgan fingerprint density at radius 2 is 2.11 bits per heavy atom. The normalized spacial score (nSPS) is 17.5. The summed E-state index contributed by atoms with van der Waals surface area (Å²) in [4.78, 5) is 11.4. The minimum Gasteiger partial charge on any atom is -0.330 e. The van der Waals surface area contributed by atoms with Gasteiger partial charge in [0.1, 0.15) is 5.82 Å². The van der Waals surface area contributed by atoms with Gasteiger partial charge in [-0.3, -0.25) is 4.90 Å². The lowest BCUT2D eigenvalue weighted by molar-refractivity contribution is 0.190. The minimum absolute atomic E-state index is 0. The first-order valence-electron chi connectivity index (χ1n) is 9.13. The van der Waals surface area contributed by atoms with E-state index in [4.69, 9.17) is 16.1 Å². The number of aromatic nitrogens is 5. The molecule has 4 rings (SSSR count). The molecule has 1 saturated heterocycles. The smallest absolute Gasteiger partial charge is 0.297 e. The number of aryl methyl sites for hydroxylation is 1. The molecule has 0 radical (unpaired) electrons. The van der Waals surface area contributed by atoms with E-state index in [1.807, 2.05) is 24.3 Å². The van der Waals surface area contributed by atoms with Gasteiger partial charge in [0.05, 0.1) is 16.8 Å². The molecule has 28 heavy (non-hydrogen) atoms. The van der Waals surface area contributed by atoms with Crippen molar-refractivity contribution in [2.75, 3.05) is 26.7 Å². The molecule has 10 heteroatoms. The maximum Gasteiger partial charge on any atom is 0.297 e. The molecule has 0 spiro atoms. The van der Waals surface area contributed by atoms with Crippen LogP contribution in [0.3, 0.4) is 0 Å². The Morgan fingerprint density at radius 1 is 1.29 bits per heavy atom. The number of rotatable bonds is 5.